The fourth-order valence-corrected chi connectivity index (χ4v) is 4.81. The fourth-order valence-electron chi connectivity index (χ4n) is 4.68. The molecular formula is C44H56ClN3O5. The first-order valence-electron chi connectivity index (χ1n) is 18.4. The van der Waals surface area contributed by atoms with E-state index >= 15 is 0 Å². The Morgan fingerprint density at radius 3 is 1.72 bits per heavy atom. The first-order valence-corrected chi connectivity index (χ1v) is 18.8. The SMILES string of the molecule is CC/C=C\C/C=C\C/C=C\C/C=C\C/C=C\C/C=C\CCC(=O)NCC(=O)CNC(=O)C(C)(C)Oc1ccc(CCNC(=O)c2ccc(Cl)cc2)cc1. The highest BCUT2D eigenvalue weighted by molar-refractivity contribution is 6.30. The Labute approximate surface area is 321 Å². The lowest BCUT2D eigenvalue weighted by molar-refractivity contribution is -0.135. The van der Waals surface area contributed by atoms with Crippen LogP contribution in [0.25, 0.3) is 0 Å². The monoisotopic (exact) mass is 741 g/mol. The Hall–Kier alpha value is -4.95. The second-order valence-electron chi connectivity index (χ2n) is 12.7. The summed E-state index contributed by atoms with van der Waals surface area (Å²) < 4.78 is 5.90. The van der Waals surface area contributed by atoms with Crippen LogP contribution in [0.1, 0.15) is 88.1 Å². The summed E-state index contributed by atoms with van der Waals surface area (Å²) in [6, 6.07) is 13.9. The van der Waals surface area contributed by atoms with Crippen molar-refractivity contribution in [3.05, 3.63) is 138 Å². The van der Waals surface area contributed by atoms with Gasteiger partial charge in [0.15, 0.2) is 11.4 Å². The Morgan fingerprint density at radius 2 is 1.17 bits per heavy atom. The molecule has 0 aliphatic rings. The predicted molar refractivity (Wildman–Crippen MR) is 217 cm³/mol. The Balaban J connectivity index is 1.54. The van der Waals surface area contributed by atoms with Gasteiger partial charge in [0, 0.05) is 23.6 Å². The molecule has 0 unspecified atom stereocenters. The quantitative estimate of drug-likeness (QED) is 0.0882. The fraction of sp³-hybridized carbons (Fsp3) is 0.364. The molecule has 8 nitrogen and oxygen atoms in total. The molecule has 9 heteroatoms. The Morgan fingerprint density at radius 1 is 0.660 bits per heavy atom. The second kappa shape index (κ2) is 26.8. The van der Waals surface area contributed by atoms with E-state index in [1.165, 1.54) is 0 Å². The van der Waals surface area contributed by atoms with Crippen LogP contribution >= 0.6 is 11.6 Å². The molecule has 0 heterocycles. The maximum Gasteiger partial charge on any atom is 0.263 e. The third-order valence-electron chi connectivity index (χ3n) is 7.71. The van der Waals surface area contributed by atoms with E-state index in [-0.39, 0.29) is 37.1 Å². The summed E-state index contributed by atoms with van der Waals surface area (Å²) >= 11 is 5.88. The number of halogens is 1. The molecule has 0 aliphatic heterocycles. The summed E-state index contributed by atoms with van der Waals surface area (Å²) in [4.78, 5) is 49.5. The van der Waals surface area contributed by atoms with Crippen molar-refractivity contribution in [3.63, 3.8) is 0 Å². The van der Waals surface area contributed by atoms with Gasteiger partial charge in [-0.3, -0.25) is 19.2 Å². The van der Waals surface area contributed by atoms with E-state index in [9.17, 15) is 19.2 Å². The zero-order valence-electron chi connectivity index (χ0n) is 31.5. The summed E-state index contributed by atoms with van der Waals surface area (Å²) in [6.07, 6.45) is 32.8. The van der Waals surface area contributed by atoms with Gasteiger partial charge in [-0.25, -0.2) is 0 Å². The number of amides is 3. The normalized spacial score (nSPS) is 12.2. The Bertz CT molecular complexity index is 1590. The average molecular weight is 742 g/mol. The highest BCUT2D eigenvalue weighted by atomic mass is 35.5. The van der Waals surface area contributed by atoms with Crippen LogP contribution in [-0.4, -0.2) is 48.7 Å². The number of hydrogen-bond acceptors (Lipinski definition) is 5. The van der Waals surface area contributed by atoms with Crippen LogP contribution < -0.4 is 20.7 Å². The average Bonchev–Trinajstić information content (AvgIpc) is 3.14. The molecule has 0 aliphatic carbocycles. The van der Waals surface area contributed by atoms with E-state index in [0.29, 0.717) is 35.7 Å². The zero-order chi connectivity index (χ0) is 38.6. The summed E-state index contributed by atoms with van der Waals surface area (Å²) in [6.45, 7) is 5.44. The van der Waals surface area contributed by atoms with Gasteiger partial charge in [0.2, 0.25) is 5.91 Å². The summed E-state index contributed by atoms with van der Waals surface area (Å²) in [5, 5.41) is 8.66. The van der Waals surface area contributed by atoms with Crippen LogP contribution in [0.5, 0.6) is 5.75 Å². The second-order valence-corrected chi connectivity index (χ2v) is 13.2. The molecule has 0 aromatic heterocycles. The van der Waals surface area contributed by atoms with Gasteiger partial charge >= 0.3 is 0 Å². The molecule has 0 bridgehead atoms. The number of benzene rings is 2. The molecule has 0 spiro atoms. The number of ether oxygens (including phenoxy) is 1. The third-order valence-corrected chi connectivity index (χ3v) is 7.96. The van der Waals surface area contributed by atoms with Gasteiger partial charge in [0.1, 0.15) is 5.75 Å². The Kier molecular flexibility index (Phi) is 22.3. The molecule has 3 N–H and O–H groups in total. The lowest BCUT2D eigenvalue weighted by Crippen LogP contribution is -2.48. The van der Waals surface area contributed by atoms with Gasteiger partial charge in [-0.05, 0) is 107 Å². The van der Waals surface area contributed by atoms with Crippen LogP contribution in [0.2, 0.25) is 5.02 Å². The zero-order valence-corrected chi connectivity index (χ0v) is 32.2. The molecule has 2 aromatic carbocycles. The molecule has 3 amide bonds. The van der Waals surface area contributed by atoms with Crippen LogP contribution in [0.15, 0.2) is 121 Å². The van der Waals surface area contributed by atoms with Gasteiger partial charge in [0.25, 0.3) is 11.8 Å². The molecule has 0 saturated carbocycles. The van der Waals surface area contributed by atoms with E-state index in [2.05, 4.69) is 83.6 Å². The predicted octanol–water partition coefficient (Wildman–Crippen LogP) is 8.75. The van der Waals surface area contributed by atoms with Gasteiger partial charge in [0.05, 0.1) is 13.1 Å². The number of nitrogens with one attached hydrogen (secondary N) is 3. The van der Waals surface area contributed by atoms with E-state index < -0.39 is 11.5 Å². The minimum absolute atomic E-state index is 0.161. The molecule has 53 heavy (non-hydrogen) atoms. The summed E-state index contributed by atoms with van der Waals surface area (Å²) in [5.41, 5.74) is 0.287. The van der Waals surface area contributed by atoms with Crippen molar-refractivity contribution in [3.8, 4) is 5.75 Å². The number of hydrogen-bond donors (Lipinski definition) is 3. The van der Waals surface area contributed by atoms with Crippen LogP contribution in [-0.2, 0) is 20.8 Å². The minimum atomic E-state index is -1.24. The van der Waals surface area contributed by atoms with E-state index in [1.54, 1.807) is 50.2 Å². The molecule has 284 valence electrons. The van der Waals surface area contributed by atoms with Crippen molar-refractivity contribution in [1.82, 2.24) is 16.0 Å². The van der Waals surface area contributed by atoms with Gasteiger partial charge in [-0.2, -0.15) is 0 Å². The lowest BCUT2D eigenvalue weighted by Gasteiger charge is -2.25. The van der Waals surface area contributed by atoms with E-state index in [1.807, 2.05) is 24.3 Å². The van der Waals surface area contributed by atoms with Gasteiger partial charge < -0.3 is 20.7 Å². The third kappa shape index (κ3) is 21.2. The van der Waals surface area contributed by atoms with Crippen LogP contribution in [0.4, 0.5) is 0 Å². The topological polar surface area (TPSA) is 114 Å². The standard InChI is InChI=1S/C44H56ClN3O5/c1-4-5-6-7-8-9-10-11-12-13-14-15-16-17-18-19-20-21-22-23-41(50)47-34-39(49)35-48-43(52)44(2,3)53-40-30-24-36(25-31-40)32-33-46-42(51)37-26-28-38(45)29-27-37/h5-6,8-9,11-12,14-15,17-18,20-21,24-31H,4,7,10,13,16,19,22-23,32-35H2,1-3H3,(H,46,51)(H,47,50)(H,48,52)/b6-5-,9-8-,12-11-,15-14-,18-17-,21-20-. The van der Waals surface area contributed by atoms with Gasteiger partial charge in [-0.15, -0.1) is 0 Å². The number of allylic oxidation sites excluding steroid dienone is 12. The number of carbonyl (C=O) groups is 4. The summed E-state index contributed by atoms with van der Waals surface area (Å²) in [7, 11) is 0. The smallest absolute Gasteiger partial charge is 0.263 e. The highest BCUT2D eigenvalue weighted by Gasteiger charge is 2.30. The van der Waals surface area contributed by atoms with Gasteiger partial charge in [-0.1, -0.05) is 104 Å². The van der Waals surface area contributed by atoms with Crippen LogP contribution in [0, 0.1) is 0 Å². The highest BCUT2D eigenvalue weighted by Crippen LogP contribution is 2.19. The first-order chi connectivity index (χ1) is 25.6. The lowest BCUT2D eigenvalue weighted by atomic mass is 10.1. The van der Waals surface area contributed by atoms with Crippen LogP contribution in [0.3, 0.4) is 0 Å². The van der Waals surface area contributed by atoms with Crippen molar-refractivity contribution in [2.24, 2.45) is 0 Å². The molecule has 0 radical (unpaired) electrons. The van der Waals surface area contributed by atoms with Crippen molar-refractivity contribution in [2.75, 3.05) is 19.6 Å². The van der Waals surface area contributed by atoms with Crippen molar-refractivity contribution in [2.45, 2.75) is 84.2 Å². The number of ketones is 1. The molecule has 2 rings (SSSR count). The van der Waals surface area contributed by atoms with E-state index in [4.69, 9.17) is 16.3 Å². The molecule has 2 aromatic rings. The molecule has 0 saturated heterocycles. The van der Waals surface area contributed by atoms with Crippen molar-refractivity contribution >= 4 is 35.1 Å². The molecule has 0 atom stereocenters. The van der Waals surface area contributed by atoms with Crippen molar-refractivity contribution < 1.29 is 23.9 Å². The summed E-state index contributed by atoms with van der Waals surface area (Å²) in [5.74, 6) is -0.676. The van der Waals surface area contributed by atoms with Crippen molar-refractivity contribution in [1.29, 1.82) is 0 Å². The number of carbonyl (C=O) groups excluding carboxylic acids is 4. The minimum Gasteiger partial charge on any atom is -0.478 e. The maximum absolute atomic E-state index is 12.8. The maximum atomic E-state index is 12.8. The molecule has 0 fully saturated rings. The largest absolute Gasteiger partial charge is 0.478 e. The number of Topliss-reactive ketones (excluding diaryl/α,β-unsaturated/α-hetero) is 1. The van der Waals surface area contributed by atoms with E-state index in [0.717, 1.165) is 44.1 Å². The number of rotatable bonds is 25. The first kappa shape index (κ1) is 44.2. The molecular weight excluding hydrogens is 686 g/mol.